The summed E-state index contributed by atoms with van der Waals surface area (Å²) >= 11 is 1.22. The van der Waals surface area contributed by atoms with Gasteiger partial charge in [0.1, 0.15) is 0 Å². The number of nitrogens with one attached hydrogen (secondary N) is 1. The first-order chi connectivity index (χ1) is 10.1. The van der Waals surface area contributed by atoms with Gasteiger partial charge in [0.05, 0.1) is 11.3 Å². The fraction of sp³-hybridized carbons (Fsp3) is 0.125. The lowest BCUT2D eigenvalue weighted by Gasteiger charge is -2.08. The summed E-state index contributed by atoms with van der Waals surface area (Å²) in [4.78, 5) is 23.6. The largest absolute Gasteiger partial charge is 0.478 e. The number of anilines is 1. The van der Waals surface area contributed by atoms with Crippen molar-refractivity contribution in [3.05, 3.63) is 59.7 Å². The maximum atomic E-state index is 11.9. The zero-order chi connectivity index (χ0) is 15.2. The molecule has 21 heavy (non-hydrogen) atoms. The predicted octanol–water partition coefficient (Wildman–Crippen LogP) is 3.42. The third kappa shape index (κ3) is 4.10. The Balaban J connectivity index is 1.99. The number of amides is 1. The van der Waals surface area contributed by atoms with E-state index >= 15 is 0 Å². The molecule has 5 heteroatoms. The van der Waals surface area contributed by atoms with E-state index in [2.05, 4.69) is 5.32 Å². The number of aryl methyl sites for hydroxylation is 1. The summed E-state index contributed by atoms with van der Waals surface area (Å²) in [5.74, 6) is -0.981. The lowest BCUT2D eigenvalue weighted by Crippen LogP contribution is -2.15. The molecule has 2 aromatic carbocycles. The molecule has 0 saturated heterocycles. The van der Waals surface area contributed by atoms with E-state index in [1.807, 2.05) is 31.2 Å². The van der Waals surface area contributed by atoms with Gasteiger partial charge in [0, 0.05) is 10.6 Å². The number of benzene rings is 2. The Bertz CT molecular complexity index is 670. The van der Waals surface area contributed by atoms with E-state index in [0.29, 0.717) is 4.90 Å². The summed E-state index contributed by atoms with van der Waals surface area (Å²) in [5.41, 5.74) is 1.97. The number of rotatable bonds is 5. The van der Waals surface area contributed by atoms with E-state index in [4.69, 9.17) is 5.11 Å². The van der Waals surface area contributed by atoms with Gasteiger partial charge in [0.15, 0.2) is 0 Å². The van der Waals surface area contributed by atoms with Crippen molar-refractivity contribution in [2.24, 2.45) is 0 Å². The molecule has 0 spiro atoms. The predicted molar refractivity (Wildman–Crippen MR) is 83.9 cm³/mol. The van der Waals surface area contributed by atoms with Crippen molar-refractivity contribution in [2.75, 3.05) is 11.1 Å². The highest BCUT2D eigenvalue weighted by molar-refractivity contribution is 8.00. The molecule has 0 aliphatic heterocycles. The SMILES string of the molecule is Cc1ccccc1NC(=O)CSc1ccccc1C(=O)O. The van der Waals surface area contributed by atoms with Crippen LogP contribution in [0.3, 0.4) is 0 Å². The third-order valence-corrected chi connectivity index (χ3v) is 3.97. The van der Waals surface area contributed by atoms with Crippen LogP contribution in [0.1, 0.15) is 15.9 Å². The highest BCUT2D eigenvalue weighted by atomic mass is 32.2. The number of aromatic carboxylic acids is 1. The van der Waals surface area contributed by atoms with Crippen LogP contribution in [0.4, 0.5) is 5.69 Å². The van der Waals surface area contributed by atoms with Gasteiger partial charge in [0.2, 0.25) is 5.91 Å². The molecule has 0 aromatic heterocycles. The van der Waals surface area contributed by atoms with Gasteiger partial charge in [0.25, 0.3) is 0 Å². The Hall–Kier alpha value is -2.27. The molecule has 108 valence electrons. The van der Waals surface area contributed by atoms with Crippen LogP contribution in [0.25, 0.3) is 0 Å². The molecule has 0 aliphatic carbocycles. The summed E-state index contributed by atoms with van der Waals surface area (Å²) in [5, 5.41) is 11.9. The van der Waals surface area contributed by atoms with Gasteiger partial charge >= 0.3 is 5.97 Å². The molecule has 0 aliphatic rings. The van der Waals surface area contributed by atoms with Crippen LogP contribution >= 0.6 is 11.8 Å². The van der Waals surface area contributed by atoms with Crippen molar-refractivity contribution in [3.8, 4) is 0 Å². The molecule has 2 rings (SSSR count). The zero-order valence-electron chi connectivity index (χ0n) is 11.5. The maximum absolute atomic E-state index is 11.9. The van der Waals surface area contributed by atoms with Gasteiger partial charge in [-0.15, -0.1) is 11.8 Å². The number of carboxylic acid groups (broad SMARTS) is 1. The third-order valence-electron chi connectivity index (χ3n) is 2.90. The Morgan fingerprint density at radius 2 is 1.76 bits per heavy atom. The fourth-order valence-electron chi connectivity index (χ4n) is 1.81. The van der Waals surface area contributed by atoms with E-state index in [1.54, 1.807) is 18.2 Å². The molecule has 0 heterocycles. The lowest BCUT2D eigenvalue weighted by molar-refractivity contribution is -0.113. The number of para-hydroxylation sites is 1. The van der Waals surface area contributed by atoms with Gasteiger partial charge in [-0.25, -0.2) is 4.79 Å². The average Bonchev–Trinajstić information content (AvgIpc) is 2.48. The highest BCUT2D eigenvalue weighted by Gasteiger charge is 2.11. The van der Waals surface area contributed by atoms with E-state index in [0.717, 1.165) is 11.3 Å². The fourth-order valence-corrected chi connectivity index (χ4v) is 2.66. The number of carboxylic acids is 1. The van der Waals surface area contributed by atoms with Crippen LogP contribution in [-0.4, -0.2) is 22.7 Å². The zero-order valence-corrected chi connectivity index (χ0v) is 12.3. The molecule has 0 unspecified atom stereocenters. The van der Waals surface area contributed by atoms with E-state index in [9.17, 15) is 9.59 Å². The smallest absolute Gasteiger partial charge is 0.336 e. The first-order valence-electron chi connectivity index (χ1n) is 6.38. The van der Waals surface area contributed by atoms with Crippen molar-refractivity contribution in [2.45, 2.75) is 11.8 Å². The van der Waals surface area contributed by atoms with Gasteiger partial charge in [-0.2, -0.15) is 0 Å². The number of carbonyl (C=O) groups excluding carboxylic acids is 1. The van der Waals surface area contributed by atoms with Crippen molar-refractivity contribution < 1.29 is 14.7 Å². The summed E-state index contributed by atoms with van der Waals surface area (Å²) in [7, 11) is 0. The van der Waals surface area contributed by atoms with Gasteiger partial charge < -0.3 is 10.4 Å². The van der Waals surface area contributed by atoms with Crippen LogP contribution in [0, 0.1) is 6.92 Å². The Morgan fingerprint density at radius 1 is 1.10 bits per heavy atom. The number of hydrogen-bond acceptors (Lipinski definition) is 3. The Labute approximate surface area is 127 Å². The second-order valence-electron chi connectivity index (χ2n) is 4.45. The summed E-state index contributed by atoms with van der Waals surface area (Å²) < 4.78 is 0. The minimum atomic E-state index is -0.989. The average molecular weight is 301 g/mol. The molecule has 4 nitrogen and oxygen atoms in total. The second kappa shape index (κ2) is 6.95. The standard InChI is InChI=1S/C16H15NO3S/c1-11-6-2-4-8-13(11)17-15(18)10-21-14-9-5-3-7-12(14)16(19)20/h2-9H,10H2,1H3,(H,17,18)(H,19,20). The lowest BCUT2D eigenvalue weighted by atomic mass is 10.2. The Kier molecular flexibility index (Phi) is 5.00. The van der Waals surface area contributed by atoms with Crippen LogP contribution < -0.4 is 5.32 Å². The molecule has 0 saturated carbocycles. The molecule has 2 aromatic rings. The number of hydrogen-bond donors (Lipinski definition) is 2. The summed E-state index contributed by atoms with van der Waals surface area (Å²) in [6, 6.07) is 14.2. The molecular formula is C16H15NO3S. The van der Waals surface area contributed by atoms with Crippen LogP contribution in [-0.2, 0) is 4.79 Å². The van der Waals surface area contributed by atoms with Crippen LogP contribution in [0.15, 0.2) is 53.4 Å². The van der Waals surface area contributed by atoms with Crippen LogP contribution in [0.2, 0.25) is 0 Å². The monoisotopic (exact) mass is 301 g/mol. The minimum Gasteiger partial charge on any atom is -0.478 e. The Morgan fingerprint density at radius 3 is 2.48 bits per heavy atom. The summed E-state index contributed by atoms with van der Waals surface area (Å²) in [6.45, 7) is 1.92. The second-order valence-corrected chi connectivity index (χ2v) is 5.47. The van der Waals surface area contributed by atoms with Gasteiger partial charge in [-0.1, -0.05) is 30.3 Å². The normalized spacial score (nSPS) is 10.1. The molecule has 2 N–H and O–H groups in total. The minimum absolute atomic E-state index is 0.158. The molecule has 0 fully saturated rings. The topological polar surface area (TPSA) is 66.4 Å². The molecule has 0 bridgehead atoms. The number of carbonyl (C=O) groups is 2. The first kappa shape index (κ1) is 15.1. The van der Waals surface area contributed by atoms with Crippen LogP contribution in [0.5, 0.6) is 0 Å². The quantitative estimate of drug-likeness (QED) is 0.830. The van der Waals surface area contributed by atoms with Gasteiger partial charge in [-0.3, -0.25) is 4.79 Å². The highest BCUT2D eigenvalue weighted by Crippen LogP contribution is 2.23. The van der Waals surface area contributed by atoms with Gasteiger partial charge in [-0.05, 0) is 30.7 Å². The van der Waals surface area contributed by atoms with Crippen molar-refractivity contribution >= 4 is 29.3 Å². The molecule has 0 radical (unpaired) electrons. The summed E-state index contributed by atoms with van der Waals surface area (Å²) in [6.07, 6.45) is 0. The van der Waals surface area contributed by atoms with E-state index in [1.165, 1.54) is 17.8 Å². The molecule has 1 amide bonds. The number of thioether (sulfide) groups is 1. The van der Waals surface area contributed by atoms with Crippen molar-refractivity contribution in [1.29, 1.82) is 0 Å². The first-order valence-corrected chi connectivity index (χ1v) is 7.37. The van der Waals surface area contributed by atoms with E-state index < -0.39 is 5.97 Å². The maximum Gasteiger partial charge on any atom is 0.336 e. The van der Waals surface area contributed by atoms with Crippen molar-refractivity contribution in [1.82, 2.24) is 0 Å². The molecular weight excluding hydrogens is 286 g/mol. The molecule has 0 atom stereocenters. The van der Waals surface area contributed by atoms with E-state index in [-0.39, 0.29) is 17.2 Å². The van der Waals surface area contributed by atoms with Crippen molar-refractivity contribution in [3.63, 3.8) is 0 Å².